The predicted octanol–water partition coefficient (Wildman–Crippen LogP) is -0.166. The molecular weight excluding hydrogens is 211 g/mol. The quantitative estimate of drug-likeness (QED) is 0.572. The number of aromatic hydroxyl groups is 1. The van der Waals surface area contributed by atoms with Gasteiger partial charge in [0.05, 0.1) is 0 Å². The van der Waals surface area contributed by atoms with E-state index in [1.165, 1.54) is 6.07 Å². The zero-order chi connectivity index (χ0) is 8.43. The molecule has 5 heteroatoms. The zero-order valence-corrected chi connectivity index (χ0v) is 7.12. The molecule has 1 rings (SSSR count). The van der Waals surface area contributed by atoms with Crippen molar-refractivity contribution in [3.8, 4) is 5.75 Å². The Morgan fingerprint density at radius 2 is 1.91 bits per heavy atom. The Hall–Kier alpha value is -0.515. The fraction of sp³-hybridized carbons (Fsp3) is 0. The van der Waals surface area contributed by atoms with E-state index in [1.807, 2.05) is 0 Å². The third-order valence-electron chi connectivity index (χ3n) is 1.29. The van der Waals surface area contributed by atoms with Crippen molar-refractivity contribution >= 4 is 28.5 Å². The van der Waals surface area contributed by atoms with Gasteiger partial charge in [-0.25, -0.2) is 0 Å². The second-order valence-electron chi connectivity index (χ2n) is 2.05. The van der Waals surface area contributed by atoms with Crippen molar-refractivity contribution in [1.29, 1.82) is 0 Å². The van der Waals surface area contributed by atoms with Crippen LogP contribution in [0.4, 0.5) is 0 Å². The SMILES string of the molecule is OB(O)c1c(O)cccc1Br. The van der Waals surface area contributed by atoms with Crippen LogP contribution in [-0.2, 0) is 0 Å². The summed E-state index contributed by atoms with van der Waals surface area (Å²) < 4.78 is 0.479. The second kappa shape index (κ2) is 3.25. The van der Waals surface area contributed by atoms with Crippen LogP contribution in [0.2, 0.25) is 0 Å². The Morgan fingerprint density at radius 1 is 1.27 bits per heavy atom. The van der Waals surface area contributed by atoms with E-state index in [1.54, 1.807) is 12.1 Å². The van der Waals surface area contributed by atoms with Crippen LogP contribution in [0.3, 0.4) is 0 Å². The molecule has 3 N–H and O–H groups in total. The smallest absolute Gasteiger partial charge is 0.493 e. The Balaban J connectivity index is 3.21. The first-order valence-corrected chi connectivity index (χ1v) is 3.75. The highest BCUT2D eigenvalue weighted by atomic mass is 79.9. The molecule has 3 nitrogen and oxygen atoms in total. The molecule has 0 heterocycles. The molecule has 1 aromatic carbocycles. The van der Waals surface area contributed by atoms with E-state index in [4.69, 9.17) is 15.2 Å². The van der Waals surface area contributed by atoms with Crippen molar-refractivity contribution in [3.05, 3.63) is 22.7 Å². The summed E-state index contributed by atoms with van der Waals surface area (Å²) in [5.41, 5.74) is 0.0903. The van der Waals surface area contributed by atoms with Gasteiger partial charge in [-0.2, -0.15) is 0 Å². The van der Waals surface area contributed by atoms with Crippen molar-refractivity contribution in [2.24, 2.45) is 0 Å². The lowest BCUT2D eigenvalue weighted by molar-refractivity contribution is 0.419. The maximum Gasteiger partial charge on any atom is 0.493 e. The summed E-state index contributed by atoms with van der Waals surface area (Å²) in [4.78, 5) is 0. The molecule has 0 spiro atoms. The fourth-order valence-corrected chi connectivity index (χ4v) is 1.34. The molecular formula is C6H6BBrO3. The van der Waals surface area contributed by atoms with Gasteiger partial charge < -0.3 is 15.2 Å². The van der Waals surface area contributed by atoms with E-state index >= 15 is 0 Å². The Kier molecular flexibility index (Phi) is 2.54. The summed E-state index contributed by atoms with van der Waals surface area (Å²) in [5.74, 6) is -0.130. The molecule has 1 aromatic rings. The standard InChI is InChI=1S/C6H6BBrO3/c8-4-2-1-3-5(9)6(4)7(10)11/h1-3,9-11H. The lowest BCUT2D eigenvalue weighted by Crippen LogP contribution is -2.31. The summed E-state index contributed by atoms with van der Waals surface area (Å²) in [6.07, 6.45) is 0. The van der Waals surface area contributed by atoms with Gasteiger partial charge >= 0.3 is 7.12 Å². The van der Waals surface area contributed by atoms with E-state index < -0.39 is 7.12 Å². The predicted molar refractivity (Wildman–Crippen MR) is 45.6 cm³/mol. The number of hydrogen-bond acceptors (Lipinski definition) is 3. The number of phenolic OH excluding ortho intramolecular Hbond substituents is 1. The molecule has 58 valence electrons. The largest absolute Gasteiger partial charge is 0.508 e. The minimum absolute atomic E-state index is 0.0903. The normalized spacial score (nSPS) is 9.73. The second-order valence-corrected chi connectivity index (χ2v) is 2.90. The van der Waals surface area contributed by atoms with E-state index in [0.717, 1.165) is 0 Å². The van der Waals surface area contributed by atoms with Crippen LogP contribution in [0, 0.1) is 0 Å². The molecule has 0 radical (unpaired) electrons. The van der Waals surface area contributed by atoms with Crippen molar-refractivity contribution in [3.63, 3.8) is 0 Å². The lowest BCUT2D eigenvalue weighted by Gasteiger charge is -2.04. The van der Waals surface area contributed by atoms with Gasteiger partial charge in [0.2, 0.25) is 0 Å². The molecule has 0 aliphatic heterocycles. The number of halogens is 1. The summed E-state index contributed by atoms with van der Waals surface area (Å²) in [6, 6.07) is 4.61. The van der Waals surface area contributed by atoms with Crippen LogP contribution >= 0.6 is 15.9 Å². The van der Waals surface area contributed by atoms with Crippen molar-refractivity contribution in [1.82, 2.24) is 0 Å². The highest BCUT2D eigenvalue weighted by Crippen LogP contribution is 2.13. The molecule has 0 aromatic heterocycles. The number of rotatable bonds is 1. The maximum atomic E-state index is 9.11. The highest BCUT2D eigenvalue weighted by molar-refractivity contribution is 9.10. The van der Waals surface area contributed by atoms with Gasteiger partial charge in [-0.05, 0) is 12.1 Å². The Bertz CT molecular complexity index is 244. The Morgan fingerprint density at radius 3 is 2.27 bits per heavy atom. The van der Waals surface area contributed by atoms with Gasteiger partial charge in [-0.3, -0.25) is 0 Å². The van der Waals surface area contributed by atoms with Gasteiger partial charge in [0.1, 0.15) is 5.75 Å². The third-order valence-corrected chi connectivity index (χ3v) is 1.98. The molecule has 0 unspecified atom stereocenters. The van der Waals surface area contributed by atoms with Gasteiger partial charge in [0, 0.05) is 9.94 Å². The van der Waals surface area contributed by atoms with Gasteiger partial charge in [-0.1, -0.05) is 22.0 Å². The van der Waals surface area contributed by atoms with Crippen LogP contribution in [0.5, 0.6) is 5.75 Å². The first kappa shape index (κ1) is 8.58. The van der Waals surface area contributed by atoms with Crippen molar-refractivity contribution in [2.75, 3.05) is 0 Å². The topological polar surface area (TPSA) is 60.7 Å². The van der Waals surface area contributed by atoms with E-state index in [-0.39, 0.29) is 11.2 Å². The highest BCUT2D eigenvalue weighted by Gasteiger charge is 2.18. The molecule has 0 saturated carbocycles. The van der Waals surface area contributed by atoms with E-state index in [2.05, 4.69) is 15.9 Å². The molecule has 0 aliphatic rings. The number of hydrogen-bond donors (Lipinski definition) is 3. The minimum Gasteiger partial charge on any atom is -0.508 e. The van der Waals surface area contributed by atoms with Gasteiger partial charge in [0.15, 0.2) is 0 Å². The zero-order valence-electron chi connectivity index (χ0n) is 5.53. The summed E-state index contributed by atoms with van der Waals surface area (Å²) in [7, 11) is -1.65. The number of benzene rings is 1. The molecule has 11 heavy (non-hydrogen) atoms. The van der Waals surface area contributed by atoms with Crippen molar-refractivity contribution < 1.29 is 15.2 Å². The lowest BCUT2D eigenvalue weighted by atomic mass is 9.80. The molecule has 0 atom stereocenters. The monoisotopic (exact) mass is 216 g/mol. The van der Waals surface area contributed by atoms with Crippen LogP contribution in [0.25, 0.3) is 0 Å². The van der Waals surface area contributed by atoms with Crippen LogP contribution in [0.1, 0.15) is 0 Å². The number of phenols is 1. The summed E-state index contributed by atoms with van der Waals surface area (Å²) in [6.45, 7) is 0. The van der Waals surface area contributed by atoms with E-state index in [9.17, 15) is 0 Å². The minimum atomic E-state index is -1.65. The van der Waals surface area contributed by atoms with Gasteiger partial charge in [-0.15, -0.1) is 0 Å². The molecule has 0 amide bonds. The first-order valence-electron chi connectivity index (χ1n) is 2.96. The maximum absolute atomic E-state index is 9.11. The fourth-order valence-electron chi connectivity index (χ4n) is 0.781. The average Bonchev–Trinajstić information content (AvgIpc) is 1.85. The molecule has 0 aliphatic carbocycles. The average molecular weight is 217 g/mol. The molecule has 0 bridgehead atoms. The summed E-state index contributed by atoms with van der Waals surface area (Å²) in [5, 5.41) is 26.6. The first-order chi connectivity index (χ1) is 5.13. The summed E-state index contributed by atoms with van der Waals surface area (Å²) >= 11 is 3.07. The third kappa shape index (κ3) is 1.74. The van der Waals surface area contributed by atoms with Crippen LogP contribution < -0.4 is 5.46 Å². The van der Waals surface area contributed by atoms with E-state index in [0.29, 0.717) is 4.47 Å². The van der Waals surface area contributed by atoms with Crippen molar-refractivity contribution in [2.45, 2.75) is 0 Å². The van der Waals surface area contributed by atoms with Crippen LogP contribution in [-0.4, -0.2) is 22.3 Å². The van der Waals surface area contributed by atoms with Gasteiger partial charge in [0.25, 0.3) is 0 Å². The Labute approximate surface area is 72.6 Å². The van der Waals surface area contributed by atoms with Crippen LogP contribution in [0.15, 0.2) is 22.7 Å². The molecule has 0 saturated heterocycles. The molecule has 0 fully saturated rings.